The largest absolute Gasteiger partial charge is 0.379 e. The molecule has 5 nitrogen and oxygen atoms in total. The molecule has 110 valence electrons. The number of benzene rings is 1. The molecule has 1 aromatic carbocycles. The van der Waals surface area contributed by atoms with Crippen molar-refractivity contribution in [3.8, 4) is 5.69 Å². The molecule has 0 radical (unpaired) electrons. The maximum absolute atomic E-state index is 12.5. The quantitative estimate of drug-likeness (QED) is 0.847. The summed E-state index contributed by atoms with van der Waals surface area (Å²) in [6.45, 7) is 4.85. The average Bonchev–Trinajstić information content (AvgIpc) is 2.96. The van der Waals surface area contributed by atoms with Crippen molar-refractivity contribution in [2.75, 3.05) is 26.3 Å². The lowest BCUT2D eigenvalue weighted by molar-refractivity contribution is 0.0738. The third kappa shape index (κ3) is 3.13. The summed E-state index contributed by atoms with van der Waals surface area (Å²) in [5, 5.41) is 4.18. The van der Waals surface area contributed by atoms with Gasteiger partial charge in [-0.3, -0.25) is 4.79 Å². The molecule has 0 saturated carbocycles. The van der Waals surface area contributed by atoms with Crippen molar-refractivity contribution >= 4 is 5.91 Å². The van der Waals surface area contributed by atoms with E-state index in [1.165, 1.54) is 0 Å². The number of hydrogen-bond donors (Lipinski definition) is 0. The van der Waals surface area contributed by atoms with E-state index in [2.05, 4.69) is 12.0 Å². The number of hydrogen-bond acceptors (Lipinski definition) is 3. The highest BCUT2D eigenvalue weighted by Gasteiger charge is 2.20. The van der Waals surface area contributed by atoms with Gasteiger partial charge >= 0.3 is 0 Å². The van der Waals surface area contributed by atoms with Crippen LogP contribution in [0.5, 0.6) is 0 Å². The second-order valence-electron chi connectivity index (χ2n) is 5.43. The topological polar surface area (TPSA) is 47.4 Å². The monoisotopic (exact) mass is 285 g/mol. The van der Waals surface area contributed by atoms with Crippen LogP contribution in [-0.2, 0) is 4.74 Å². The smallest absolute Gasteiger partial charge is 0.253 e. The number of ether oxygens (including phenoxy) is 1. The first-order chi connectivity index (χ1) is 10.2. The Kier molecular flexibility index (Phi) is 4.01. The van der Waals surface area contributed by atoms with E-state index in [1.807, 2.05) is 41.4 Å². The summed E-state index contributed by atoms with van der Waals surface area (Å²) < 4.78 is 7.26. The van der Waals surface area contributed by atoms with Crippen molar-refractivity contribution in [2.45, 2.75) is 6.92 Å². The molecule has 1 unspecified atom stereocenters. The van der Waals surface area contributed by atoms with Gasteiger partial charge in [-0.05, 0) is 36.2 Å². The van der Waals surface area contributed by atoms with Crippen molar-refractivity contribution in [3.63, 3.8) is 0 Å². The maximum atomic E-state index is 12.5. The Balaban J connectivity index is 1.75. The minimum atomic E-state index is 0.0689. The SMILES string of the molecule is CC1COCCN(C(=O)c2ccc(-n3cccn3)cc2)C1. The van der Waals surface area contributed by atoms with Crippen molar-refractivity contribution in [3.05, 3.63) is 48.3 Å². The molecule has 1 atom stereocenters. The molecule has 5 heteroatoms. The Bertz CT molecular complexity index is 592. The van der Waals surface area contributed by atoms with Gasteiger partial charge in [0.05, 0.1) is 18.9 Å². The summed E-state index contributed by atoms with van der Waals surface area (Å²) >= 11 is 0. The molecule has 0 spiro atoms. The van der Waals surface area contributed by atoms with Gasteiger partial charge in [-0.2, -0.15) is 5.10 Å². The van der Waals surface area contributed by atoms with Crippen LogP contribution < -0.4 is 0 Å². The molecule has 1 saturated heterocycles. The van der Waals surface area contributed by atoms with E-state index in [0.717, 1.165) is 18.8 Å². The van der Waals surface area contributed by atoms with Crippen LogP contribution in [-0.4, -0.2) is 46.9 Å². The number of amides is 1. The van der Waals surface area contributed by atoms with Gasteiger partial charge in [0.2, 0.25) is 0 Å². The lowest BCUT2D eigenvalue weighted by Gasteiger charge is -2.22. The van der Waals surface area contributed by atoms with Crippen LogP contribution in [0, 0.1) is 5.92 Å². The third-order valence-corrected chi connectivity index (χ3v) is 3.61. The second-order valence-corrected chi connectivity index (χ2v) is 5.43. The second kappa shape index (κ2) is 6.10. The molecule has 2 aromatic rings. The molecule has 21 heavy (non-hydrogen) atoms. The number of nitrogens with zero attached hydrogens (tertiary/aromatic N) is 3. The molecule has 1 fully saturated rings. The van der Waals surface area contributed by atoms with Crippen LogP contribution >= 0.6 is 0 Å². The van der Waals surface area contributed by atoms with E-state index in [1.54, 1.807) is 10.9 Å². The van der Waals surface area contributed by atoms with Gasteiger partial charge in [0.1, 0.15) is 0 Å². The van der Waals surface area contributed by atoms with Gasteiger partial charge in [-0.25, -0.2) is 4.68 Å². The van der Waals surface area contributed by atoms with E-state index in [4.69, 9.17) is 4.74 Å². The van der Waals surface area contributed by atoms with Gasteiger partial charge in [-0.1, -0.05) is 6.92 Å². The summed E-state index contributed by atoms with van der Waals surface area (Å²) in [6, 6.07) is 9.42. The van der Waals surface area contributed by atoms with Crippen LogP contribution in [0.15, 0.2) is 42.7 Å². The highest BCUT2D eigenvalue weighted by Crippen LogP contribution is 2.13. The fraction of sp³-hybridized carbons (Fsp3) is 0.375. The first kappa shape index (κ1) is 13.8. The molecule has 1 aromatic heterocycles. The Hall–Kier alpha value is -2.14. The zero-order chi connectivity index (χ0) is 14.7. The maximum Gasteiger partial charge on any atom is 0.253 e. The standard InChI is InChI=1S/C16H19N3O2/c1-13-11-18(9-10-21-12-13)16(20)14-3-5-15(6-4-14)19-8-2-7-17-19/h2-8,13H,9-12H2,1H3. The van der Waals surface area contributed by atoms with Gasteiger partial charge < -0.3 is 9.64 Å². The number of rotatable bonds is 2. The number of carbonyl (C=O) groups is 1. The molecular formula is C16H19N3O2. The fourth-order valence-electron chi connectivity index (χ4n) is 2.52. The molecule has 0 N–H and O–H groups in total. The van der Waals surface area contributed by atoms with E-state index in [-0.39, 0.29) is 5.91 Å². The first-order valence-electron chi connectivity index (χ1n) is 7.21. The minimum absolute atomic E-state index is 0.0689. The van der Waals surface area contributed by atoms with Crippen LogP contribution in [0.25, 0.3) is 5.69 Å². The van der Waals surface area contributed by atoms with Gasteiger partial charge in [0, 0.05) is 31.0 Å². The first-order valence-corrected chi connectivity index (χ1v) is 7.21. The summed E-state index contributed by atoms with van der Waals surface area (Å²) in [6.07, 6.45) is 3.61. The molecule has 3 rings (SSSR count). The van der Waals surface area contributed by atoms with Crippen LogP contribution in [0.3, 0.4) is 0 Å². The Labute approximate surface area is 124 Å². The number of carbonyl (C=O) groups excluding carboxylic acids is 1. The summed E-state index contributed by atoms with van der Waals surface area (Å²) in [5.41, 5.74) is 1.66. The molecule has 1 amide bonds. The zero-order valence-corrected chi connectivity index (χ0v) is 12.1. The lowest BCUT2D eigenvalue weighted by atomic mass is 10.1. The Morgan fingerprint density at radius 2 is 2.14 bits per heavy atom. The molecular weight excluding hydrogens is 266 g/mol. The van der Waals surface area contributed by atoms with Gasteiger partial charge in [0.25, 0.3) is 5.91 Å². The van der Waals surface area contributed by atoms with Crippen molar-refractivity contribution in [2.24, 2.45) is 5.92 Å². The predicted molar refractivity (Wildman–Crippen MR) is 79.5 cm³/mol. The normalized spacial score (nSPS) is 19.3. The van der Waals surface area contributed by atoms with Gasteiger partial charge in [-0.15, -0.1) is 0 Å². The van der Waals surface area contributed by atoms with Crippen molar-refractivity contribution in [1.82, 2.24) is 14.7 Å². The fourth-order valence-corrected chi connectivity index (χ4v) is 2.52. The highest BCUT2D eigenvalue weighted by atomic mass is 16.5. The van der Waals surface area contributed by atoms with E-state index >= 15 is 0 Å². The van der Waals surface area contributed by atoms with Crippen LogP contribution in [0.4, 0.5) is 0 Å². The highest BCUT2D eigenvalue weighted by molar-refractivity contribution is 5.94. The van der Waals surface area contributed by atoms with Crippen LogP contribution in [0.2, 0.25) is 0 Å². The van der Waals surface area contributed by atoms with Crippen LogP contribution in [0.1, 0.15) is 17.3 Å². The predicted octanol–water partition coefficient (Wildman–Crippen LogP) is 1.98. The average molecular weight is 285 g/mol. The Morgan fingerprint density at radius 3 is 2.86 bits per heavy atom. The van der Waals surface area contributed by atoms with Crippen molar-refractivity contribution < 1.29 is 9.53 Å². The molecule has 1 aliphatic heterocycles. The molecule has 2 heterocycles. The minimum Gasteiger partial charge on any atom is -0.379 e. The molecule has 1 aliphatic rings. The molecule has 0 aliphatic carbocycles. The Morgan fingerprint density at radius 1 is 1.33 bits per heavy atom. The van der Waals surface area contributed by atoms with Gasteiger partial charge in [0.15, 0.2) is 0 Å². The number of aromatic nitrogens is 2. The van der Waals surface area contributed by atoms with Crippen molar-refractivity contribution in [1.29, 1.82) is 0 Å². The zero-order valence-electron chi connectivity index (χ0n) is 12.1. The molecule has 0 bridgehead atoms. The van der Waals surface area contributed by atoms with E-state index < -0.39 is 0 Å². The summed E-state index contributed by atoms with van der Waals surface area (Å²) in [5.74, 6) is 0.444. The summed E-state index contributed by atoms with van der Waals surface area (Å²) in [7, 11) is 0. The van der Waals surface area contributed by atoms with E-state index in [9.17, 15) is 4.79 Å². The lowest BCUT2D eigenvalue weighted by Crippen LogP contribution is -2.35. The third-order valence-electron chi connectivity index (χ3n) is 3.61. The van der Waals surface area contributed by atoms with E-state index in [0.29, 0.717) is 24.6 Å². The summed E-state index contributed by atoms with van der Waals surface area (Å²) in [4.78, 5) is 14.4.